The predicted octanol–water partition coefficient (Wildman–Crippen LogP) is 2.09. The number of anilines is 1. The van der Waals surface area contributed by atoms with Crippen molar-refractivity contribution in [3.05, 3.63) is 9.98 Å². The Morgan fingerprint density at radius 3 is 3.08 bits per heavy atom. The van der Waals surface area contributed by atoms with Gasteiger partial charge in [-0.2, -0.15) is 0 Å². The third-order valence-electron chi connectivity index (χ3n) is 1.44. The van der Waals surface area contributed by atoms with Crippen molar-refractivity contribution >= 4 is 32.4 Å². The minimum absolute atomic E-state index is 0.285. The third-order valence-corrected chi connectivity index (χ3v) is 2.95. The molecule has 0 saturated carbocycles. The van der Waals surface area contributed by atoms with Crippen LogP contribution in [-0.4, -0.2) is 22.7 Å². The van der Waals surface area contributed by atoms with Gasteiger partial charge < -0.3 is 10.4 Å². The molecule has 0 spiro atoms. The second-order valence-corrected chi connectivity index (χ2v) is 4.09. The van der Waals surface area contributed by atoms with E-state index in [1.54, 1.807) is 0 Å². The van der Waals surface area contributed by atoms with Crippen LogP contribution in [0.25, 0.3) is 0 Å². The van der Waals surface area contributed by atoms with Gasteiger partial charge >= 0.3 is 0 Å². The number of aliphatic hydroxyl groups excluding tert-OH is 1. The topological polar surface area (TPSA) is 45.1 Å². The molecule has 1 rings (SSSR count). The van der Waals surface area contributed by atoms with Gasteiger partial charge in [-0.3, -0.25) is 0 Å². The molecule has 0 fully saturated rings. The molecule has 0 aliphatic rings. The minimum atomic E-state index is -0.285. The van der Waals surface area contributed by atoms with Crippen molar-refractivity contribution in [1.82, 2.24) is 4.98 Å². The van der Waals surface area contributed by atoms with Crippen molar-refractivity contribution in [2.75, 3.05) is 11.9 Å². The molecule has 0 aliphatic carbocycles. The Hall–Kier alpha value is -0.130. The Bertz CT molecular complexity index is 241. The van der Waals surface area contributed by atoms with Crippen LogP contribution in [0, 0.1) is 0 Å². The Morgan fingerprint density at radius 1 is 1.83 bits per heavy atom. The number of rotatable bonds is 4. The number of nitrogens with one attached hydrogen (secondary N) is 1. The first-order chi connectivity index (χ1) is 5.72. The number of halogens is 1. The van der Waals surface area contributed by atoms with E-state index < -0.39 is 0 Å². The maximum absolute atomic E-state index is 9.23. The molecule has 0 aliphatic heterocycles. The number of nitrogens with zero attached hydrogens (tertiary/aromatic N) is 1. The molecular formula is C7H11BrN2OS. The molecule has 1 aromatic heterocycles. The number of thiazole rings is 1. The van der Waals surface area contributed by atoms with E-state index in [0.29, 0.717) is 6.54 Å². The van der Waals surface area contributed by atoms with Gasteiger partial charge in [-0.15, -0.1) is 11.3 Å². The first-order valence-electron chi connectivity index (χ1n) is 3.75. The van der Waals surface area contributed by atoms with Crippen LogP contribution in [0.4, 0.5) is 5.13 Å². The molecule has 0 aromatic carbocycles. The van der Waals surface area contributed by atoms with E-state index in [4.69, 9.17) is 0 Å². The van der Waals surface area contributed by atoms with Crippen molar-refractivity contribution < 1.29 is 5.11 Å². The summed E-state index contributed by atoms with van der Waals surface area (Å²) >= 11 is 4.77. The van der Waals surface area contributed by atoms with Gasteiger partial charge in [-0.1, -0.05) is 6.92 Å². The second kappa shape index (κ2) is 4.79. The van der Waals surface area contributed by atoms with Crippen LogP contribution < -0.4 is 5.32 Å². The first-order valence-corrected chi connectivity index (χ1v) is 5.42. The normalized spacial score (nSPS) is 12.9. The standard InChI is InChI=1S/C7H11BrN2OS/c1-2-5(11)3-9-7-10-6(8)4-12-7/h4-5,11H,2-3H2,1H3,(H,9,10). The molecule has 12 heavy (non-hydrogen) atoms. The Labute approximate surface area is 84.0 Å². The van der Waals surface area contributed by atoms with Crippen molar-refractivity contribution in [1.29, 1.82) is 0 Å². The maximum atomic E-state index is 9.23. The van der Waals surface area contributed by atoms with Gasteiger partial charge in [0.25, 0.3) is 0 Å². The van der Waals surface area contributed by atoms with Gasteiger partial charge in [0.15, 0.2) is 5.13 Å². The molecular weight excluding hydrogens is 240 g/mol. The van der Waals surface area contributed by atoms with E-state index in [0.717, 1.165) is 16.2 Å². The van der Waals surface area contributed by atoms with Gasteiger partial charge in [-0.25, -0.2) is 4.98 Å². The van der Waals surface area contributed by atoms with Crippen LogP contribution >= 0.6 is 27.3 Å². The highest BCUT2D eigenvalue weighted by atomic mass is 79.9. The van der Waals surface area contributed by atoms with Gasteiger partial charge in [0, 0.05) is 11.9 Å². The van der Waals surface area contributed by atoms with Crippen LogP contribution in [0.1, 0.15) is 13.3 Å². The van der Waals surface area contributed by atoms with E-state index in [1.165, 1.54) is 11.3 Å². The summed E-state index contributed by atoms with van der Waals surface area (Å²) in [6.45, 7) is 2.51. The summed E-state index contributed by atoms with van der Waals surface area (Å²) in [5.41, 5.74) is 0. The molecule has 68 valence electrons. The van der Waals surface area contributed by atoms with Crippen molar-refractivity contribution in [2.45, 2.75) is 19.4 Å². The van der Waals surface area contributed by atoms with Gasteiger partial charge in [0.05, 0.1) is 6.10 Å². The Morgan fingerprint density at radius 2 is 2.58 bits per heavy atom. The lowest BCUT2D eigenvalue weighted by molar-refractivity contribution is 0.183. The highest BCUT2D eigenvalue weighted by molar-refractivity contribution is 9.10. The van der Waals surface area contributed by atoms with Crippen LogP contribution in [0.15, 0.2) is 9.98 Å². The van der Waals surface area contributed by atoms with Crippen molar-refractivity contribution in [2.24, 2.45) is 0 Å². The van der Waals surface area contributed by atoms with Crippen LogP contribution in [0.3, 0.4) is 0 Å². The highest BCUT2D eigenvalue weighted by Gasteiger charge is 2.02. The molecule has 3 nitrogen and oxygen atoms in total. The number of hydrogen-bond donors (Lipinski definition) is 2. The number of hydrogen-bond acceptors (Lipinski definition) is 4. The number of aromatic nitrogens is 1. The smallest absolute Gasteiger partial charge is 0.183 e. The van der Waals surface area contributed by atoms with E-state index in [9.17, 15) is 5.11 Å². The Balaban J connectivity index is 2.33. The molecule has 0 amide bonds. The molecule has 1 aromatic rings. The van der Waals surface area contributed by atoms with Gasteiger partial charge in [0.1, 0.15) is 4.60 Å². The summed E-state index contributed by atoms with van der Waals surface area (Å²) < 4.78 is 0.834. The third kappa shape index (κ3) is 3.08. The lowest BCUT2D eigenvalue weighted by Gasteiger charge is -2.07. The molecule has 5 heteroatoms. The van der Waals surface area contributed by atoms with Gasteiger partial charge in [0.2, 0.25) is 0 Å². The lowest BCUT2D eigenvalue weighted by atomic mass is 10.3. The second-order valence-electron chi connectivity index (χ2n) is 2.42. The zero-order valence-electron chi connectivity index (χ0n) is 6.75. The largest absolute Gasteiger partial charge is 0.391 e. The molecule has 1 atom stereocenters. The fourth-order valence-electron chi connectivity index (χ4n) is 0.685. The fourth-order valence-corrected chi connectivity index (χ4v) is 1.84. The number of aliphatic hydroxyl groups is 1. The summed E-state index contributed by atoms with van der Waals surface area (Å²) in [5.74, 6) is 0. The quantitative estimate of drug-likeness (QED) is 0.861. The van der Waals surface area contributed by atoms with E-state index in [1.807, 2.05) is 12.3 Å². The van der Waals surface area contributed by atoms with Crippen LogP contribution in [0.2, 0.25) is 0 Å². The summed E-state index contributed by atoms with van der Waals surface area (Å²) in [7, 11) is 0. The minimum Gasteiger partial charge on any atom is -0.391 e. The molecule has 0 saturated heterocycles. The van der Waals surface area contributed by atoms with Gasteiger partial charge in [-0.05, 0) is 22.4 Å². The first kappa shape index (κ1) is 9.95. The molecule has 0 radical (unpaired) electrons. The van der Waals surface area contributed by atoms with Crippen molar-refractivity contribution in [3.63, 3.8) is 0 Å². The molecule has 0 bridgehead atoms. The highest BCUT2D eigenvalue weighted by Crippen LogP contribution is 2.19. The average Bonchev–Trinajstić information content (AvgIpc) is 2.47. The van der Waals surface area contributed by atoms with E-state index >= 15 is 0 Å². The molecule has 2 N–H and O–H groups in total. The summed E-state index contributed by atoms with van der Waals surface area (Å²) in [6.07, 6.45) is 0.479. The summed E-state index contributed by atoms with van der Waals surface area (Å²) in [6, 6.07) is 0. The van der Waals surface area contributed by atoms with E-state index in [2.05, 4.69) is 26.2 Å². The SMILES string of the molecule is CCC(O)CNc1nc(Br)cs1. The maximum Gasteiger partial charge on any atom is 0.183 e. The summed E-state index contributed by atoms with van der Waals surface area (Å²) in [4.78, 5) is 4.13. The summed E-state index contributed by atoms with van der Waals surface area (Å²) in [5, 5.41) is 15.0. The van der Waals surface area contributed by atoms with Crippen LogP contribution in [-0.2, 0) is 0 Å². The Kier molecular flexibility index (Phi) is 3.97. The van der Waals surface area contributed by atoms with Crippen molar-refractivity contribution in [3.8, 4) is 0 Å². The molecule has 1 unspecified atom stereocenters. The fraction of sp³-hybridized carbons (Fsp3) is 0.571. The zero-order chi connectivity index (χ0) is 8.97. The zero-order valence-corrected chi connectivity index (χ0v) is 9.15. The monoisotopic (exact) mass is 250 g/mol. The average molecular weight is 251 g/mol. The predicted molar refractivity (Wildman–Crippen MR) is 54.6 cm³/mol. The lowest BCUT2D eigenvalue weighted by Crippen LogP contribution is -2.17. The molecule has 1 heterocycles. The van der Waals surface area contributed by atoms with E-state index in [-0.39, 0.29) is 6.10 Å². The van der Waals surface area contributed by atoms with Crippen LogP contribution in [0.5, 0.6) is 0 Å².